The Morgan fingerprint density at radius 3 is 2.62 bits per heavy atom. The van der Waals surface area contributed by atoms with E-state index in [9.17, 15) is 9.59 Å². The number of anilines is 1. The fourth-order valence-corrected chi connectivity index (χ4v) is 3.80. The average molecular weight is 434 g/mol. The Hall–Kier alpha value is -3.52. The smallest absolute Gasteiger partial charge is 0.337 e. The molecule has 0 saturated carbocycles. The van der Waals surface area contributed by atoms with E-state index >= 15 is 0 Å². The van der Waals surface area contributed by atoms with Gasteiger partial charge in [0.15, 0.2) is 0 Å². The van der Waals surface area contributed by atoms with Gasteiger partial charge in [-0.05, 0) is 50.6 Å². The lowest BCUT2D eigenvalue weighted by molar-refractivity contribution is -0.121. The molecule has 1 aliphatic heterocycles. The Morgan fingerprint density at radius 1 is 1.16 bits per heavy atom. The van der Waals surface area contributed by atoms with E-state index in [1.54, 1.807) is 24.3 Å². The monoisotopic (exact) mass is 434 g/mol. The first-order valence-electron chi connectivity index (χ1n) is 10.6. The molecule has 1 atom stereocenters. The molecule has 1 aromatic heterocycles. The Morgan fingerprint density at radius 2 is 1.91 bits per heavy atom. The summed E-state index contributed by atoms with van der Waals surface area (Å²) in [6.45, 7) is 4.04. The number of hydrogen-bond acceptors (Lipinski definition) is 7. The molecule has 1 aliphatic rings. The van der Waals surface area contributed by atoms with Gasteiger partial charge >= 0.3 is 5.97 Å². The van der Waals surface area contributed by atoms with Crippen LogP contribution in [0.1, 0.15) is 34.7 Å². The molecule has 2 aromatic carbocycles. The molecule has 8 heteroatoms. The minimum Gasteiger partial charge on any atom is -0.465 e. The number of hydrogen-bond donors (Lipinski definition) is 1. The Kier molecular flexibility index (Phi) is 6.61. The van der Waals surface area contributed by atoms with Crippen molar-refractivity contribution in [2.75, 3.05) is 25.5 Å². The normalized spacial score (nSPS) is 16.5. The first-order valence-corrected chi connectivity index (χ1v) is 10.6. The third kappa shape index (κ3) is 5.20. The third-order valence-corrected chi connectivity index (χ3v) is 5.59. The van der Waals surface area contributed by atoms with Gasteiger partial charge in [0.05, 0.1) is 25.1 Å². The molecule has 4 rings (SSSR count). The molecule has 3 aromatic rings. The van der Waals surface area contributed by atoms with Crippen LogP contribution in [0.2, 0.25) is 0 Å². The molecule has 1 fully saturated rings. The first-order chi connectivity index (χ1) is 15.5. The topological polar surface area (TPSA) is 97.6 Å². The van der Waals surface area contributed by atoms with Crippen molar-refractivity contribution in [1.82, 2.24) is 15.0 Å². The number of carbonyl (C=O) groups excluding carboxylic acids is 2. The highest BCUT2D eigenvalue weighted by Crippen LogP contribution is 2.22. The summed E-state index contributed by atoms with van der Waals surface area (Å²) in [5.74, 6) is 0.536. The van der Waals surface area contributed by atoms with Crippen molar-refractivity contribution in [2.45, 2.75) is 26.3 Å². The number of benzene rings is 2. The second kappa shape index (κ2) is 9.74. The second-order valence-corrected chi connectivity index (χ2v) is 8.01. The van der Waals surface area contributed by atoms with Gasteiger partial charge in [-0.3, -0.25) is 9.69 Å². The zero-order valence-electron chi connectivity index (χ0n) is 18.2. The molecule has 8 nitrogen and oxygen atoms in total. The van der Waals surface area contributed by atoms with Crippen LogP contribution in [-0.2, 0) is 16.1 Å². The molecule has 0 spiro atoms. The standard InChI is InChI=1S/C24H26N4O4/c1-16-5-7-17(8-6-16)22-26-21(32-27-22)15-28-13-3-4-19(14-28)23(29)25-20-11-9-18(10-12-20)24(30)31-2/h5-12,19H,3-4,13-15H2,1-2H3,(H,25,29). The number of carbonyl (C=O) groups is 2. The summed E-state index contributed by atoms with van der Waals surface area (Å²) in [6, 6.07) is 14.7. The van der Waals surface area contributed by atoms with Crippen molar-refractivity contribution in [2.24, 2.45) is 5.92 Å². The number of nitrogens with zero attached hydrogens (tertiary/aromatic N) is 3. The van der Waals surface area contributed by atoms with Gasteiger partial charge in [-0.1, -0.05) is 35.0 Å². The Labute approximate surface area is 186 Å². The lowest BCUT2D eigenvalue weighted by atomic mass is 9.97. The largest absolute Gasteiger partial charge is 0.465 e. The van der Waals surface area contributed by atoms with Gasteiger partial charge in [-0.15, -0.1) is 0 Å². The van der Waals surface area contributed by atoms with Crippen molar-refractivity contribution >= 4 is 17.6 Å². The molecule has 1 unspecified atom stereocenters. The molecule has 0 radical (unpaired) electrons. The van der Waals surface area contributed by atoms with E-state index in [4.69, 9.17) is 9.26 Å². The van der Waals surface area contributed by atoms with Crippen LogP contribution < -0.4 is 5.32 Å². The summed E-state index contributed by atoms with van der Waals surface area (Å²) in [5.41, 5.74) is 3.19. The number of likely N-dealkylation sites (tertiary alicyclic amines) is 1. The summed E-state index contributed by atoms with van der Waals surface area (Å²) < 4.78 is 10.1. The highest BCUT2D eigenvalue weighted by molar-refractivity contribution is 5.94. The fourth-order valence-electron chi connectivity index (χ4n) is 3.80. The van der Waals surface area contributed by atoms with Gasteiger partial charge < -0.3 is 14.6 Å². The van der Waals surface area contributed by atoms with Crippen molar-refractivity contribution in [1.29, 1.82) is 0 Å². The first kappa shape index (κ1) is 21.7. The second-order valence-electron chi connectivity index (χ2n) is 8.01. The van der Waals surface area contributed by atoms with Gasteiger partial charge in [-0.25, -0.2) is 4.79 Å². The number of piperidine rings is 1. The SMILES string of the molecule is COC(=O)c1ccc(NC(=O)C2CCCN(Cc3nc(-c4ccc(C)cc4)no3)C2)cc1. The van der Waals surface area contributed by atoms with Crippen LogP contribution in [0.4, 0.5) is 5.69 Å². The Balaban J connectivity index is 1.33. The number of amides is 1. The number of nitrogens with one attached hydrogen (secondary N) is 1. The van der Waals surface area contributed by atoms with Gasteiger partial charge in [0.25, 0.3) is 0 Å². The molecule has 32 heavy (non-hydrogen) atoms. The van der Waals surface area contributed by atoms with E-state index in [1.807, 2.05) is 31.2 Å². The molecule has 0 aliphatic carbocycles. The van der Waals surface area contributed by atoms with Crippen molar-refractivity contribution in [3.63, 3.8) is 0 Å². The van der Waals surface area contributed by atoms with Crippen molar-refractivity contribution in [3.05, 3.63) is 65.5 Å². The maximum atomic E-state index is 12.8. The van der Waals surface area contributed by atoms with E-state index in [0.717, 1.165) is 24.9 Å². The van der Waals surface area contributed by atoms with E-state index in [2.05, 4.69) is 20.4 Å². The van der Waals surface area contributed by atoms with Crippen LogP contribution in [0.3, 0.4) is 0 Å². The van der Waals surface area contributed by atoms with Crippen LogP contribution in [0.15, 0.2) is 53.1 Å². The van der Waals surface area contributed by atoms with Gasteiger partial charge in [0.2, 0.25) is 17.6 Å². The van der Waals surface area contributed by atoms with E-state index in [-0.39, 0.29) is 11.8 Å². The zero-order chi connectivity index (χ0) is 22.5. The van der Waals surface area contributed by atoms with E-state index in [1.165, 1.54) is 12.7 Å². The third-order valence-electron chi connectivity index (χ3n) is 5.59. The number of esters is 1. The molecule has 1 N–H and O–H groups in total. The summed E-state index contributed by atoms with van der Waals surface area (Å²) in [6.07, 6.45) is 1.74. The zero-order valence-corrected chi connectivity index (χ0v) is 18.2. The van der Waals surface area contributed by atoms with E-state index < -0.39 is 5.97 Å². The van der Waals surface area contributed by atoms with Crippen LogP contribution >= 0.6 is 0 Å². The van der Waals surface area contributed by atoms with Crippen LogP contribution in [0.5, 0.6) is 0 Å². The average Bonchev–Trinajstić information content (AvgIpc) is 3.28. The highest BCUT2D eigenvalue weighted by atomic mass is 16.5. The van der Waals surface area contributed by atoms with Crippen molar-refractivity contribution in [3.8, 4) is 11.4 Å². The molecule has 166 valence electrons. The van der Waals surface area contributed by atoms with Crippen LogP contribution in [-0.4, -0.2) is 47.1 Å². The fraction of sp³-hybridized carbons (Fsp3) is 0.333. The molecular weight excluding hydrogens is 408 g/mol. The maximum Gasteiger partial charge on any atom is 0.337 e. The highest BCUT2D eigenvalue weighted by Gasteiger charge is 2.27. The lowest BCUT2D eigenvalue weighted by Gasteiger charge is -2.30. The van der Waals surface area contributed by atoms with Crippen LogP contribution in [0.25, 0.3) is 11.4 Å². The van der Waals surface area contributed by atoms with Gasteiger partial charge in [0.1, 0.15) is 0 Å². The summed E-state index contributed by atoms with van der Waals surface area (Å²) >= 11 is 0. The molecule has 1 amide bonds. The number of methoxy groups -OCH3 is 1. The number of aryl methyl sites for hydroxylation is 1. The molecule has 1 saturated heterocycles. The molecular formula is C24H26N4O4. The molecule has 0 bridgehead atoms. The van der Waals surface area contributed by atoms with Crippen LogP contribution in [0, 0.1) is 12.8 Å². The van der Waals surface area contributed by atoms with E-state index in [0.29, 0.717) is 36.1 Å². The number of aromatic nitrogens is 2. The maximum absolute atomic E-state index is 12.8. The number of ether oxygens (including phenoxy) is 1. The predicted octanol–water partition coefficient (Wildman–Crippen LogP) is 3.68. The summed E-state index contributed by atoms with van der Waals surface area (Å²) in [5, 5.41) is 7.03. The van der Waals surface area contributed by atoms with Crippen molar-refractivity contribution < 1.29 is 18.8 Å². The minimum atomic E-state index is -0.405. The molecule has 2 heterocycles. The Bertz CT molecular complexity index is 1080. The lowest BCUT2D eigenvalue weighted by Crippen LogP contribution is -2.40. The summed E-state index contributed by atoms with van der Waals surface area (Å²) in [7, 11) is 1.34. The van der Waals surface area contributed by atoms with Gasteiger partial charge in [-0.2, -0.15) is 4.98 Å². The summed E-state index contributed by atoms with van der Waals surface area (Å²) in [4.78, 5) is 31.0. The number of rotatable bonds is 6. The minimum absolute atomic E-state index is 0.0357. The quantitative estimate of drug-likeness (QED) is 0.591. The van der Waals surface area contributed by atoms with Gasteiger partial charge in [0, 0.05) is 17.8 Å². The predicted molar refractivity (Wildman–Crippen MR) is 119 cm³/mol.